The van der Waals surface area contributed by atoms with Gasteiger partial charge in [-0.3, -0.25) is 9.59 Å². The minimum Gasteiger partial charge on any atom is -0.355 e. The minimum atomic E-state index is -0.658. The van der Waals surface area contributed by atoms with Crippen LogP contribution < -0.4 is 5.32 Å². The second kappa shape index (κ2) is 13.8. The number of nitrogens with zero attached hydrogens (tertiary/aromatic N) is 1. The molecule has 1 N–H and O–H groups in total. The van der Waals surface area contributed by atoms with Crippen molar-refractivity contribution in [3.63, 3.8) is 0 Å². The van der Waals surface area contributed by atoms with E-state index in [1.165, 1.54) is 11.8 Å². The maximum absolute atomic E-state index is 13.5. The van der Waals surface area contributed by atoms with Crippen LogP contribution in [0.3, 0.4) is 0 Å². The number of amides is 2. The summed E-state index contributed by atoms with van der Waals surface area (Å²) in [5.74, 6) is 0.507. The van der Waals surface area contributed by atoms with Crippen LogP contribution >= 0.6 is 46.6 Å². The summed E-state index contributed by atoms with van der Waals surface area (Å²) in [7, 11) is 0. The van der Waals surface area contributed by atoms with Crippen molar-refractivity contribution < 1.29 is 9.59 Å². The van der Waals surface area contributed by atoms with E-state index in [4.69, 9.17) is 34.8 Å². The average Bonchev–Trinajstić information content (AvgIpc) is 2.84. The fourth-order valence-corrected chi connectivity index (χ4v) is 5.04. The van der Waals surface area contributed by atoms with Gasteiger partial charge in [0.1, 0.15) is 6.04 Å². The fraction of sp³-hybridized carbons (Fsp3) is 0.259. The summed E-state index contributed by atoms with van der Waals surface area (Å²) in [5, 5.41) is 4.46. The Balaban J connectivity index is 1.82. The third-order valence-electron chi connectivity index (χ3n) is 5.34. The number of rotatable bonds is 11. The zero-order valence-electron chi connectivity index (χ0n) is 19.3. The number of halogens is 3. The first-order valence-corrected chi connectivity index (χ1v) is 13.5. The Morgan fingerprint density at radius 3 is 2.31 bits per heavy atom. The number of carbonyl (C=O) groups excluding carboxylic acids is 2. The number of thioether (sulfide) groups is 1. The molecule has 1 unspecified atom stereocenters. The van der Waals surface area contributed by atoms with E-state index < -0.39 is 6.04 Å². The van der Waals surface area contributed by atoms with Crippen LogP contribution in [0.2, 0.25) is 15.1 Å². The van der Waals surface area contributed by atoms with Crippen molar-refractivity contribution in [1.29, 1.82) is 0 Å². The first-order chi connectivity index (χ1) is 16.9. The van der Waals surface area contributed by atoms with Crippen LogP contribution in [0.15, 0.2) is 72.8 Å². The molecule has 0 spiro atoms. The van der Waals surface area contributed by atoms with Gasteiger partial charge in [-0.25, -0.2) is 0 Å². The largest absolute Gasteiger partial charge is 0.355 e. The second-order valence-corrected chi connectivity index (χ2v) is 10.2. The van der Waals surface area contributed by atoms with E-state index >= 15 is 0 Å². The lowest BCUT2D eigenvalue weighted by atomic mass is 10.0. The van der Waals surface area contributed by atoms with Crippen molar-refractivity contribution in [3.05, 3.63) is 105 Å². The summed E-state index contributed by atoms with van der Waals surface area (Å²) in [6, 6.07) is 21.9. The Labute approximate surface area is 225 Å². The SMILES string of the molecule is CCNC(=O)C(Cc1ccccc1)N(Cc1cccc(Cl)c1)C(=O)CSCc1ccc(Cl)c(Cl)c1. The zero-order valence-corrected chi connectivity index (χ0v) is 22.4. The number of benzene rings is 3. The van der Waals surface area contributed by atoms with Gasteiger partial charge < -0.3 is 10.2 Å². The van der Waals surface area contributed by atoms with E-state index in [2.05, 4.69) is 5.32 Å². The lowest BCUT2D eigenvalue weighted by molar-refractivity contribution is -0.139. The second-order valence-electron chi connectivity index (χ2n) is 7.99. The van der Waals surface area contributed by atoms with Crippen LogP contribution in [0.5, 0.6) is 0 Å². The van der Waals surface area contributed by atoms with Crippen molar-refractivity contribution in [2.45, 2.75) is 31.7 Å². The van der Waals surface area contributed by atoms with E-state index in [0.29, 0.717) is 33.8 Å². The smallest absolute Gasteiger partial charge is 0.243 e. The molecule has 0 saturated heterocycles. The van der Waals surface area contributed by atoms with Gasteiger partial charge in [0, 0.05) is 30.3 Å². The molecule has 0 bridgehead atoms. The Morgan fingerprint density at radius 2 is 1.63 bits per heavy atom. The Kier molecular flexibility index (Phi) is 10.8. The van der Waals surface area contributed by atoms with Crippen LogP contribution in [-0.2, 0) is 28.3 Å². The first kappa shape index (κ1) is 27.4. The molecule has 2 amide bonds. The van der Waals surface area contributed by atoms with E-state index in [9.17, 15) is 9.59 Å². The highest BCUT2D eigenvalue weighted by atomic mass is 35.5. The molecule has 0 aromatic heterocycles. The van der Waals surface area contributed by atoms with Gasteiger partial charge in [-0.1, -0.05) is 83.3 Å². The topological polar surface area (TPSA) is 49.4 Å². The molecule has 0 saturated carbocycles. The predicted octanol–water partition coefficient (Wildman–Crippen LogP) is 6.66. The van der Waals surface area contributed by atoms with Gasteiger partial charge in [0.05, 0.1) is 15.8 Å². The molecule has 3 rings (SSSR count). The predicted molar refractivity (Wildman–Crippen MR) is 147 cm³/mol. The molecule has 1 atom stereocenters. The Hall–Kier alpha value is -2.18. The van der Waals surface area contributed by atoms with E-state index in [0.717, 1.165) is 16.7 Å². The van der Waals surface area contributed by atoms with Gasteiger partial charge in [-0.05, 0) is 47.9 Å². The average molecular weight is 550 g/mol. The highest BCUT2D eigenvalue weighted by molar-refractivity contribution is 7.99. The van der Waals surface area contributed by atoms with Gasteiger partial charge >= 0.3 is 0 Å². The standard InChI is InChI=1S/C27H27Cl3N2O2S/c1-2-31-27(34)25(15-19-7-4-3-5-8-19)32(16-20-9-6-10-22(28)13-20)26(33)18-35-17-21-11-12-23(29)24(30)14-21/h3-14,25H,2,15-18H2,1H3,(H,31,34). The normalized spacial score (nSPS) is 11.7. The molecule has 0 heterocycles. The van der Waals surface area contributed by atoms with Gasteiger partial charge in [0.25, 0.3) is 0 Å². The monoisotopic (exact) mass is 548 g/mol. The molecule has 4 nitrogen and oxygen atoms in total. The quantitative estimate of drug-likeness (QED) is 0.291. The molecule has 8 heteroatoms. The zero-order chi connectivity index (χ0) is 25.2. The van der Waals surface area contributed by atoms with Crippen molar-refractivity contribution >= 4 is 58.4 Å². The Bertz CT molecular complexity index is 1140. The van der Waals surface area contributed by atoms with Crippen LogP contribution in [0.25, 0.3) is 0 Å². The summed E-state index contributed by atoms with van der Waals surface area (Å²) in [5.41, 5.74) is 2.82. The third kappa shape index (κ3) is 8.46. The number of nitrogens with one attached hydrogen (secondary N) is 1. The van der Waals surface area contributed by atoms with Gasteiger partial charge in [-0.2, -0.15) is 0 Å². The minimum absolute atomic E-state index is 0.123. The molecule has 0 aliphatic rings. The summed E-state index contributed by atoms with van der Waals surface area (Å²) in [4.78, 5) is 28.3. The Morgan fingerprint density at radius 1 is 0.886 bits per heavy atom. The van der Waals surface area contributed by atoms with E-state index in [1.54, 1.807) is 23.1 Å². The molecule has 3 aromatic carbocycles. The van der Waals surface area contributed by atoms with E-state index in [-0.39, 0.29) is 24.1 Å². The number of hydrogen-bond donors (Lipinski definition) is 1. The fourth-order valence-electron chi connectivity index (χ4n) is 3.65. The van der Waals surface area contributed by atoms with Crippen molar-refractivity contribution in [1.82, 2.24) is 10.2 Å². The first-order valence-electron chi connectivity index (χ1n) is 11.2. The molecule has 0 aliphatic carbocycles. The van der Waals surface area contributed by atoms with Crippen molar-refractivity contribution in [2.75, 3.05) is 12.3 Å². The summed E-state index contributed by atoms with van der Waals surface area (Å²) < 4.78 is 0. The van der Waals surface area contributed by atoms with Crippen LogP contribution in [0.4, 0.5) is 0 Å². The molecule has 0 radical (unpaired) electrons. The van der Waals surface area contributed by atoms with Crippen LogP contribution in [-0.4, -0.2) is 35.1 Å². The third-order valence-corrected chi connectivity index (χ3v) is 7.30. The lowest BCUT2D eigenvalue weighted by Gasteiger charge is -2.31. The molecule has 184 valence electrons. The number of likely N-dealkylation sites (N-methyl/N-ethyl adjacent to an activating group) is 1. The maximum atomic E-state index is 13.5. The van der Waals surface area contributed by atoms with Crippen LogP contribution in [0, 0.1) is 0 Å². The molecule has 0 fully saturated rings. The van der Waals surface area contributed by atoms with Crippen molar-refractivity contribution in [2.24, 2.45) is 0 Å². The number of carbonyl (C=O) groups is 2. The van der Waals surface area contributed by atoms with Gasteiger partial charge in [0.2, 0.25) is 11.8 Å². The lowest BCUT2D eigenvalue weighted by Crippen LogP contribution is -2.51. The summed E-state index contributed by atoms with van der Waals surface area (Å²) in [6.07, 6.45) is 0.413. The number of hydrogen-bond acceptors (Lipinski definition) is 3. The molecule has 35 heavy (non-hydrogen) atoms. The summed E-state index contributed by atoms with van der Waals surface area (Å²) >= 11 is 19.8. The van der Waals surface area contributed by atoms with Crippen LogP contribution in [0.1, 0.15) is 23.6 Å². The molecule has 0 aliphatic heterocycles. The summed E-state index contributed by atoms with van der Waals surface area (Å²) in [6.45, 7) is 2.63. The highest BCUT2D eigenvalue weighted by Gasteiger charge is 2.30. The highest BCUT2D eigenvalue weighted by Crippen LogP contribution is 2.25. The molecular weight excluding hydrogens is 523 g/mol. The maximum Gasteiger partial charge on any atom is 0.243 e. The van der Waals surface area contributed by atoms with Gasteiger partial charge in [-0.15, -0.1) is 11.8 Å². The molecule has 3 aromatic rings. The van der Waals surface area contributed by atoms with E-state index in [1.807, 2.05) is 61.5 Å². The molecular formula is C27H27Cl3N2O2S. The van der Waals surface area contributed by atoms with Crippen molar-refractivity contribution in [3.8, 4) is 0 Å². The van der Waals surface area contributed by atoms with Gasteiger partial charge in [0.15, 0.2) is 0 Å².